The summed E-state index contributed by atoms with van der Waals surface area (Å²) < 4.78 is 6.41. The van der Waals surface area contributed by atoms with Crippen LogP contribution >= 0.6 is 0 Å². The summed E-state index contributed by atoms with van der Waals surface area (Å²) in [5.41, 5.74) is 6.20. The Balaban J connectivity index is 1.62. The molecule has 5 nitrogen and oxygen atoms in total. The average molecular weight is 447 g/mol. The number of aromatic nitrogens is 1. The first-order valence-electron chi connectivity index (χ1n) is 11.0. The van der Waals surface area contributed by atoms with Crippen LogP contribution in [0.3, 0.4) is 0 Å². The van der Waals surface area contributed by atoms with Crippen molar-refractivity contribution in [2.24, 2.45) is 0 Å². The van der Waals surface area contributed by atoms with Crippen molar-refractivity contribution in [1.82, 2.24) is 4.98 Å². The summed E-state index contributed by atoms with van der Waals surface area (Å²) in [6.45, 7) is -0.147. The molecule has 0 aliphatic heterocycles. The SMILES string of the molecule is O=C(O)CNc1cccc(-c2ccccc2-c2nc(-c3ccccc3)c(-c3ccccc3)o2)c1. The van der Waals surface area contributed by atoms with Gasteiger partial charge in [0.25, 0.3) is 0 Å². The monoisotopic (exact) mass is 446 g/mol. The first-order valence-corrected chi connectivity index (χ1v) is 11.0. The lowest BCUT2D eigenvalue weighted by Crippen LogP contribution is -2.12. The second kappa shape index (κ2) is 9.46. The van der Waals surface area contributed by atoms with E-state index in [4.69, 9.17) is 14.5 Å². The smallest absolute Gasteiger partial charge is 0.322 e. The first kappa shape index (κ1) is 21.2. The number of aliphatic carboxylic acids is 1. The molecule has 5 aromatic rings. The van der Waals surface area contributed by atoms with Crippen molar-refractivity contribution in [2.45, 2.75) is 0 Å². The summed E-state index contributed by atoms with van der Waals surface area (Å²) in [4.78, 5) is 15.9. The van der Waals surface area contributed by atoms with Crippen molar-refractivity contribution < 1.29 is 14.3 Å². The molecule has 0 fully saturated rings. The summed E-state index contributed by atoms with van der Waals surface area (Å²) in [6.07, 6.45) is 0. The van der Waals surface area contributed by atoms with Gasteiger partial charge in [-0.15, -0.1) is 0 Å². The van der Waals surface area contributed by atoms with Crippen molar-refractivity contribution in [3.63, 3.8) is 0 Å². The molecular weight excluding hydrogens is 424 g/mol. The van der Waals surface area contributed by atoms with E-state index in [2.05, 4.69) is 5.32 Å². The maximum Gasteiger partial charge on any atom is 0.322 e. The number of carboxylic acid groups (broad SMARTS) is 1. The molecule has 1 heterocycles. The van der Waals surface area contributed by atoms with Gasteiger partial charge in [0.05, 0.1) is 0 Å². The highest BCUT2D eigenvalue weighted by molar-refractivity contribution is 5.85. The van der Waals surface area contributed by atoms with Crippen LogP contribution in [0.5, 0.6) is 0 Å². The van der Waals surface area contributed by atoms with Crippen LogP contribution in [0.25, 0.3) is 45.2 Å². The third kappa shape index (κ3) is 4.45. The molecule has 5 heteroatoms. The van der Waals surface area contributed by atoms with Crippen molar-refractivity contribution in [1.29, 1.82) is 0 Å². The van der Waals surface area contributed by atoms with Gasteiger partial charge in [-0.3, -0.25) is 4.79 Å². The Morgan fingerprint density at radius 1 is 0.735 bits per heavy atom. The summed E-state index contributed by atoms with van der Waals surface area (Å²) in [6, 6.07) is 35.6. The van der Waals surface area contributed by atoms with Gasteiger partial charge in [-0.1, -0.05) is 91.0 Å². The number of hydrogen-bond acceptors (Lipinski definition) is 4. The molecule has 0 saturated carbocycles. The van der Waals surface area contributed by atoms with Crippen LogP contribution < -0.4 is 5.32 Å². The molecule has 0 saturated heterocycles. The van der Waals surface area contributed by atoms with Gasteiger partial charge in [-0.2, -0.15) is 0 Å². The summed E-state index contributed by atoms with van der Waals surface area (Å²) in [5, 5.41) is 11.9. The molecule has 0 aliphatic carbocycles. The number of rotatable bonds is 7. The van der Waals surface area contributed by atoms with Gasteiger partial charge in [0.15, 0.2) is 5.76 Å². The molecule has 0 unspecified atom stereocenters. The normalized spacial score (nSPS) is 10.7. The molecular formula is C29H22N2O3. The van der Waals surface area contributed by atoms with Crippen LogP contribution in [0.2, 0.25) is 0 Å². The van der Waals surface area contributed by atoms with Crippen molar-refractivity contribution >= 4 is 11.7 Å². The minimum absolute atomic E-state index is 0.147. The van der Waals surface area contributed by atoms with Crippen LogP contribution in [0.4, 0.5) is 5.69 Å². The van der Waals surface area contributed by atoms with Gasteiger partial charge >= 0.3 is 5.97 Å². The number of carboxylic acids is 1. The molecule has 0 amide bonds. The lowest BCUT2D eigenvalue weighted by Gasteiger charge is -2.10. The van der Waals surface area contributed by atoms with Gasteiger partial charge < -0.3 is 14.8 Å². The van der Waals surface area contributed by atoms with E-state index in [0.717, 1.165) is 39.2 Å². The minimum Gasteiger partial charge on any atom is -0.480 e. The molecule has 0 radical (unpaired) electrons. The van der Waals surface area contributed by atoms with Gasteiger partial charge in [0.1, 0.15) is 12.2 Å². The van der Waals surface area contributed by atoms with Crippen LogP contribution in [0, 0.1) is 0 Å². The standard InChI is InChI=1S/C29H22N2O3/c32-26(33)19-30-23-15-9-14-22(18-23)24-16-7-8-17-25(24)29-31-27(20-10-3-1-4-11-20)28(34-29)21-12-5-2-6-13-21/h1-18,30H,19H2,(H,32,33). The van der Waals surface area contributed by atoms with Gasteiger partial charge in [0, 0.05) is 22.4 Å². The van der Waals surface area contributed by atoms with Crippen LogP contribution in [0.1, 0.15) is 0 Å². The lowest BCUT2D eigenvalue weighted by molar-refractivity contribution is -0.134. The van der Waals surface area contributed by atoms with E-state index < -0.39 is 5.97 Å². The molecule has 166 valence electrons. The van der Waals surface area contributed by atoms with Crippen molar-refractivity contribution in [2.75, 3.05) is 11.9 Å². The zero-order valence-corrected chi connectivity index (χ0v) is 18.3. The number of carbonyl (C=O) groups is 1. The molecule has 0 spiro atoms. The zero-order chi connectivity index (χ0) is 23.3. The first-order chi connectivity index (χ1) is 16.7. The molecule has 4 aromatic carbocycles. The highest BCUT2D eigenvalue weighted by Gasteiger charge is 2.20. The highest BCUT2D eigenvalue weighted by Crippen LogP contribution is 2.39. The Hall–Kier alpha value is -4.64. The zero-order valence-electron chi connectivity index (χ0n) is 18.3. The predicted molar refractivity (Wildman–Crippen MR) is 134 cm³/mol. The van der Waals surface area contributed by atoms with Crippen molar-refractivity contribution in [3.05, 3.63) is 109 Å². The second-order valence-corrected chi connectivity index (χ2v) is 7.80. The number of anilines is 1. The molecule has 2 N–H and O–H groups in total. The fraction of sp³-hybridized carbons (Fsp3) is 0.0345. The Bertz CT molecular complexity index is 1370. The largest absolute Gasteiger partial charge is 0.480 e. The number of hydrogen-bond donors (Lipinski definition) is 2. The van der Waals surface area contributed by atoms with E-state index in [1.54, 1.807) is 0 Å². The van der Waals surface area contributed by atoms with E-state index >= 15 is 0 Å². The van der Waals surface area contributed by atoms with Gasteiger partial charge in [-0.05, 0) is 29.3 Å². The molecule has 1 aromatic heterocycles. The van der Waals surface area contributed by atoms with E-state index in [1.807, 2.05) is 109 Å². The molecule has 0 aliphatic rings. The Labute approximate surface area is 197 Å². The Kier molecular flexibility index (Phi) is 5.91. The number of benzene rings is 4. The summed E-state index contributed by atoms with van der Waals surface area (Å²) in [7, 11) is 0. The third-order valence-electron chi connectivity index (χ3n) is 5.49. The molecule has 5 rings (SSSR count). The number of nitrogens with zero attached hydrogens (tertiary/aromatic N) is 1. The fourth-order valence-corrected chi connectivity index (χ4v) is 3.91. The fourth-order valence-electron chi connectivity index (χ4n) is 3.91. The Morgan fingerprint density at radius 2 is 1.35 bits per heavy atom. The van der Waals surface area contributed by atoms with E-state index in [1.165, 1.54) is 0 Å². The maximum absolute atomic E-state index is 11.0. The summed E-state index contributed by atoms with van der Waals surface area (Å²) >= 11 is 0. The highest BCUT2D eigenvalue weighted by atomic mass is 16.4. The van der Waals surface area contributed by atoms with Crippen LogP contribution in [-0.2, 0) is 4.79 Å². The van der Waals surface area contributed by atoms with Crippen LogP contribution in [-0.4, -0.2) is 22.6 Å². The second-order valence-electron chi connectivity index (χ2n) is 7.80. The van der Waals surface area contributed by atoms with E-state index in [9.17, 15) is 4.79 Å². The van der Waals surface area contributed by atoms with Crippen molar-refractivity contribution in [3.8, 4) is 45.2 Å². The molecule has 0 atom stereocenters. The molecule has 0 bridgehead atoms. The number of oxazole rings is 1. The average Bonchev–Trinajstić information content (AvgIpc) is 3.34. The van der Waals surface area contributed by atoms with E-state index in [-0.39, 0.29) is 6.54 Å². The predicted octanol–water partition coefficient (Wildman–Crippen LogP) is 6.84. The maximum atomic E-state index is 11.0. The van der Waals surface area contributed by atoms with E-state index in [0.29, 0.717) is 11.7 Å². The van der Waals surface area contributed by atoms with Crippen LogP contribution in [0.15, 0.2) is 114 Å². The molecule has 34 heavy (non-hydrogen) atoms. The van der Waals surface area contributed by atoms with Gasteiger partial charge in [0.2, 0.25) is 5.89 Å². The Morgan fingerprint density at radius 3 is 2.06 bits per heavy atom. The summed E-state index contributed by atoms with van der Waals surface area (Å²) in [5.74, 6) is 0.332. The lowest BCUT2D eigenvalue weighted by atomic mass is 9.99. The number of nitrogens with one attached hydrogen (secondary N) is 1. The minimum atomic E-state index is -0.910. The van der Waals surface area contributed by atoms with Gasteiger partial charge in [-0.25, -0.2) is 4.98 Å². The third-order valence-corrected chi connectivity index (χ3v) is 5.49. The quantitative estimate of drug-likeness (QED) is 0.286. The topological polar surface area (TPSA) is 75.4 Å².